The van der Waals surface area contributed by atoms with E-state index in [4.69, 9.17) is 32.9 Å². The van der Waals surface area contributed by atoms with Crippen LogP contribution in [-0.2, 0) is 11.8 Å². The summed E-state index contributed by atoms with van der Waals surface area (Å²) in [7, 11) is 1.86. The molecule has 0 radical (unpaired) electrons. The molecular weight excluding hydrogens is 442 g/mol. The molecule has 158 valence electrons. The number of aromatic nitrogens is 5. The van der Waals surface area contributed by atoms with Crippen molar-refractivity contribution in [1.29, 1.82) is 0 Å². The van der Waals surface area contributed by atoms with E-state index < -0.39 is 5.82 Å². The number of aryl methyl sites for hydroxylation is 1. The topological polar surface area (TPSA) is 69.0 Å². The van der Waals surface area contributed by atoms with E-state index in [1.807, 2.05) is 18.1 Å². The minimum atomic E-state index is -0.469. The van der Waals surface area contributed by atoms with Gasteiger partial charge in [-0.05, 0) is 30.3 Å². The third-order valence-electron chi connectivity index (χ3n) is 5.15. The van der Waals surface area contributed by atoms with Crippen LogP contribution in [0.1, 0.15) is 11.7 Å². The predicted molar refractivity (Wildman–Crippen MR) is 117 cm³/mol. The van der Waals surface area contributed by atoms with Crippen LogP contribution >= 0.6 is 23.2 Å². The van der Waals surface area contributed by atoms with Crippen LogP contribution in [-0.4, -0.2) is 44.4 Å². The first-order valence-corrected chi connectivity index (χ1v) is 10.4. The number of fused-ring (bicyclic) bond motifs is 1. The van der Waals surface area contributed by atoms with Crippen LogP contribution in [0.3, 0.4) is 0 Å². The molecule has 10 heteroatoms. The van der Waals surface area contributed by atoms with Crippen LogP contribution < -0.4 is 4.90 Å². The first kappa shape index (κ1) is 20.1. The Kier molecular flexibility index (Phi) is 5.21. The summed E-state index contributed by atoms with van der Waals surface area (Å²) in [5.74, 6) is -0.0348. The van der Waals surface area contributed by atoms with Crippen molar-refractivity contribution in [2.24, 2.45) is 7.05 Å². The summed E-state index contributed by atoms with van der Waals surface area (Å²) in [4.78, 5) is 15.7. The fourth-order valence-corrected chi connectivity index (χ4v) is 3.94. The highest BCUT2D eigenvalue weighted by atomic mass is 35.5. The molecule has 4 heterocycles. The minimum absolute atomic E-state index is 0.176. The van der Waals surface area contributed by atoms with Crippen molar-refractivity contribution in [3.05, 3.63) is 64.3 Å². The zero-order valence-corrected chi connectivity index (χ0v) is 18.0. The van der Waals surface area contributed by atoms with Gasteiger partial charge in [0, 0.05) is 41.3 Å². The minimum Gasteiger partial charge on any atom is -0.370 e. The molecule has 0 aliphatic carbocycles. The van der Waals surface area contributed by atoms with Crippen molar-refractivity contribution < 1.29 is 9.13 Å². The number of halogens is 3. The molecule has 0 spiro atoms. The number of hydrogen-bond donors (Lipinski definition) is 0. The number of ether oxygens (including phenoxy) is 1. The van der Waals surface area contributed by atoms with E-state index in [0.717, 1.165) is 5.56 Å². The Morgan fingerprint density at radius 2 is 2.00 bits per heavy atom. The quantitative estimate of drug-likeness (QED) is 0.422. The van der Waals surface area contributed by atoms with Gasteiger partial charge in [-0.3, -0.25) is 4.68 Å². The summed E-state index contributed by atoms with van der Waals surface area (Å²) in [5, 5.41) is 5.44. The number of pyridine rings is 1. The lowest BCUT2D eigenvalue weighted by Crippen LogP contribution is -2.39. The maximum Gasteiger partial charge on any atom is 0.228 e. The van der Waals surface area contributed by atoms with E-state index in [0.29, 0.717) is 58.1 Å². The molecule has 31 heavy (non-hydrogen) atoms. The zero-order valence-electron chi connectivity index (χ0n) is 16.5. The molecule has 3 aromatic heterocycles. The molecule has 1 aliphatic rings. The van der Waals surface area contributed by atoms with Crippen LogP contribution in [0, 0.1) is 5.82 Å². The summed E-state index contributed by atoms with van der Waals surface area (Å²) in [6.45, 7) is 1.61. The first-order valence-electron chi connectivity index (χ1n) is 9.63. The number of nitrogens with zero attached hydrogens (tertiary/aromatic N) is 6. The third-order valence-corrected chi connectivity index (χ3v) is 5.59. The Morgan fingerprint density at radius 1 is 1.13 bits per heavy atom. The molecule has 0 bridgehead atoms. The van der Waals surface area contributed by atoms with Gasteiger partial charge in [0.25, 0.3) is 0 Å². The molecule has 0 unspecified atom stereocenters. The average molecular weight is 459 g/mol. The zero-order chi connectivity index (χ0) is 21.5. The highest BCUT2D eigenvalue weighted by Crippen LogP contribution is 2.32. The molecule has 5 rings (SSSR count). The highest BCUT2D eigenvalue weighted by molar-refractivity contribution is 6.30. The van der Waals surface area contributed by atoms with E-state index in [2.05, 4.69) is 15.1 Å². The Hall–Kier alpha value is -2.81. The molecule has 0 saturated carbocycles. The molecule has 1 atom stereocenters. The Balaban J connectivity index is 1.60. The molecule has 4 aromatic rings. The monoisotopic (exact) mass is 458 g/mol. The second-order valence-electron chi connectivity index (χ2n) is 7.25. The molecule has 7 nitrogen and oxygen atoms in total. The van der Waals surface area contributed by atoms with Gasteiger partial charge in [-0.1, -0.05) is 23.2 Å². The average Bonchev–Trinajstić information content (AvgIpc) is 3.19. The third kappa shape index (κ3) is 3.94. The van der Waals surface area contributed by atoms with Crippen LogP contribution in [0.25, 0.3) is 22.3 Å². The lowest BCUT2D eigenvalue weighted by molar-refractivity contribution is 0.0392. The van der Waals surface area contributed by atoms with E-state index in [1.54, 1.807) is 35.1 Å². The van der Waals surface area contributed by atoms with Gasteiger partial charge in [0.1, 0.15) is 17.1 Å². The van der Waals surface area contributed by atoms with Crippen molar-refractivity contribution in [2.75, 3.05) is 24.6 Å². The van der Waals surface area contributed by atoms with Crippen LogP contribution in [0.2, 0.25) is 10.2 Å². The number of anilines is 1. The van der Waals surface area contributed by atoms with E-state index >= 15 is 0 Å². The van der Waals surface area contributed by atoms with Crippen LogP contribution in [0.5, 0.6) is 0 Å². The number of hydrogen-bond acceptors (Lipinski definition) is 6. The van der Waals surface area contributed by atoms with Crippen molar-refractivity contribution >= 4 is 40.2 Å². The maximum absolute atomic E-state index is 14.8. The molecule has 1 aromatic carbocycles. The molecule has 1 fully saturated rings. The van der Waals surface area contributed by atoms with E-state index in [9.17, 15) is 4.39 Å². The molecule has 1 aliphatic heterocycles. The standard InChI is InChI=1S/C21H17Cl2FN6O/c1-29-10-12(9-25-29)17-11-30(6-7-31-17)21-27-19(14-3-2-13(22)8-16(14)24)15-4-5-18(23)26-20(15)28-21/h2-5,8-10,17H,6-7,11H2,1H3/t17-/m0/s1. The van der Waals surface area contributed by atoms with Crippen LogP contribution in [0.15, 0.2) is 42.7 Å². The van der Waals surface area contributed by atoms with Crippen molar-refractivity contribution in [3.63, 3.8) is 0 Å². The fraction of sp³-hybridized carbons (Fsp3) is 0.238. The van der Waals surface area contributed by atoms with Gasteiger partial charge in [0.15, 0.2) is 5.65 Å². The molecule has 0 amide bonds. The van der Waals surface area contributed by atoms with Gasteiger partial charge >= 0.3 is 0 Å². The second-order valence-corrected chi connectivity index (χ2v) is 8.08. The van der Waals surface area contributed by atoms with E-state index in [1.165, 1.54) is 6.07 Å². The maximum atomic E-state index is 14.8. The number of rotatable bonds is 3. The lowest BCUT2D eigenvalue weighted by atomic mass is 10.1. The van der Waals surface area contributed by atoms with Gasteiger partial charge in [-0.15, -0.1) is 0 Å². The number of benzene rings is 1. The Morgan fingerprint density at radius 3 is 2.77 bits per heavy atom. The van der Waals surface area contributed by atoms with Crippen molar-refractivity contribution in [1.82, 2.24) is 24.7 Å². The smallest absolute Gasteiger partial charge is 0.228 e. The largest absolute Gasteiger partial charge is 0.370 e. The predicted octanol–water partition coefficient (Wildman–Crippen LogP) is 4.45. The number of morpholine rings is 1. The first-order chi connectivity index (χ1) is 15.0. The van der Waals surface area contributed by atoms with Crippen molar-refractivity contribution in [2.45, 2.75) is 6.10 Å². The van der Waals surface area contributed by atoms with Gasteiger partial charge < -0.3 is 9.64 Å². The van der Waals surface area contributed by atoms with Crippen LogP contribution in [0.4, 0.5) is 10.3 Å². The van der Waals surface area contributed by atoms with E-state index in [-0.39, 0.29) is 6.10 Å². The van der Waals surface area contributed by atoms with Gasteiger partial charge in [-0.2, -0.15) is 10.1 Å². The summed E-state index contributed by atoms with van der Waals surface area (Å²) < 4.78 is 22.4. The fourth-order valence-electron chi connectivity index (χ4n) is 3.64. The normalized spacial score (nSPS) is 16.8. The van der Waals surface area contributed by atoms with Gasteiger partial charge in [0.2, 0.25) is 5.95 Å². The SMILES string of the molecule is Cn1cc([C@@H]2CN(c3nc(-c4ccc(Cl)cc4F)c4ccc(Cl)nc4n3)CCO2)cn1. The highest BCUT2D eigenvalue weighted by Gasteiger charge is 2.26. The lowest BCUT2D eigenvalue weighted by Gasteiger charge is -2.32. The van der Waals surface area contributed by atoms with Gasteiger partial charge in [-0.25, -0.2) is 14.4 Å². The molecule has 0 N–H and O–H groups in total. The second kappa shape index (κ2) is 8.03. The van der Waals surface area contributed by atoms with Crippen molar-refractivity contribution in [3.8, 4) is 11.3 Å². The summed E-state index contributed by atoms with van der Waals surface area (Å²) in [5.41, 5.74) is 2.12. The molecular formula is C21H17Cl2FN6O. The van der Waals surface area contributed by atoms with Gasteiger partial charge in [0.05, 0.1) is 25.0 Å². The summed E-state index contributed by atoms with van der Waals surface area (Å²) >= 11 is 12.0. The summed E-state index contributed by atoms with van der Waals surface area (Å²) in [6, 6.07) is 7.88. The Bertz CT molecular complexity index is 1280. The summed E-state index contributed by atoms with van der Waals surface area (Å²) in [6.07, 6.45) is 3.53. The Labute approximate surface area is 187 Å². The molecule has 1 saturated heterocycles.